The van der Waals surface area contributed by atoms with Crippen molar-refractivity contribution in [1.82, 2.24) is 9.88 Å². The minimum absolute atomic E-state index is 0.0954. The van der Waals surface area contributed by atoms with Gasteiger partial charge < -0.3 is 4.74 Å². The Bertz CT molecular complexity index is 1090. The van der Waals surface area contributed by atoms with E-state index in [-0.39, 0.29) is 23.6 Å². The van der Waals surface area contributed by atoms with E-state index >= 15 is 4.39 Å². The summed E-state index contributed by atoms with van der Waals surface area (Å²) in [5, 5.41) is 1.00. The monoisotopic (exact) mass is 494 g/mol. The molecule has 0 bridgehead atoms. The molecule has 2 aromatic carbocycles. The number of benzene rings is 2. The van der Waals surface area contributed by atoms with Crippen LogP contribution in [-0.2, 0) is 17.0 Å². The Labute approximate surface area is 185 Å². The molecule has 1 aromatic heterocycles. The number of fused-ring (bicyclic) bond motifs is 1. The van der Waals surface area contributed by atoms with E-state index < -0.39 is 11.5 Å². The predicted octanol–water partition coefficient (Wildman–Crippen LogP) is 5.79. The first kappa shape index (κ1) is 20.3. The number of halogens is 4. The highest BCUT2D eigenvalue weighted by molar-refractivity contribution is 9.10. The van der Waals surface area contributed by atoms with Gasteiger partial charge in [-0.3, -0.25) is 14.7 Å². The van der Waals surface area contributed by atoms with Crippen molar-refractivity contribution in [2.75, 3.05) is 7.11 Å². The maximum atomic E-state index is 15.2. The SMILES string of the molecule is COC1(c2ccc(Cl)cc2)c2c(F)cc(Br)cc2C(=O)N1Cc1ccc(Cl)cn1. The van der Waals surface area contributed by atoms with E-state index in [1.807, 2.05) is 0 Å². The molecule has 8 heteroatoms. The molecule has 1 amide bonds. The van der Waals surface area contributed by atoms with Gasteiger partial charge in [-0.05, 0) is 36.4 Å². The Balaban J connectivity index is 1.95. The molecule has 0 fully saturated rings. The van der Waals surface area contributed by atoms with Crippen LogP contribution in [0.3, 0.4) is 0 Å². The van der Waals surface area contributed by atoms with Crippen LogP contribution in [0.4, 0.5) is 4.39 Å². The van der Waals surface area contributed by atoms with Gasteiger partial charge >= 0.3 is 0 Å². The lowest BCUT2D eigenvalue weighted by molar-refractivity contribution is -0.0885. The predicted molar refractivity (Wildman–Crippen MR) is 112 cm³/mol. The van der Waals surface area contributed by atoms with Crippen molar-refractivity contribution in [2.45, 2.75) is 12.3 Å². The summed E-state index contributed by atoms with van der Waals surface area (Å²) < 4.78 is 21.6. The molecular weight excluding hydrogens is 482 g/mol. The van der Waals surface area contributed by atoms with Gasteiger partial charge in [0.15, 0.2) is 5.72 Å². The molecule has 148 valence electrons. The van der Waals surface area contributed by atoms with Crippen molar-refractivity contribution in [2.24, 2.45) is 0 Å². The minimum Gasteiger partial charge on any atom is -0.350 e. The van der Waals surface area contributed by atoms with Crippen LogP contribution < -0.4 is 0 Å². The molecular formula is C21H14BrCl2FN2O2. The van der Waals surface area contributed by atoms with Crippen LogP contribution in [0.1, 0.15) is 27.2 Å². The second-order valence-corrected chi connectivity index (χ2v) is 8.31. The van der Waals surface area contributed by atoms with Crippen LogP contribution in [0, 0.1) is 5.82 Å². The lowest BCUT2D eigenvalue weighted by Gasteiger charge is -2.38. The number of hydrogen-bond acceptors (Lipinski definition) is 3. The fourth-order valence-electron chi connectivity index (χ4n) is 3.66. The second kappa shape index (κ2) is 7.69. The van der Waals surface area contributed by atoms with Crippen molar-refractivity contribution < 1.29 is 13.9 Å². The maximum Gasteiger partial charge on any atom is 0.257 e. The lowest BCUT2D eigenvalue weighted by Crippen LogP contribution is -2.46. The molecule has 0 spiro atoms. The highest BCUT2D eigenvalue weighted by Gasteiger charge is 2.53. The highest BCUT2D eigenvalue weighted by atomic mass is 79.9. The van der Waals surface area contributed by atoms with E-state index in [9.17, 15) is 4.79 Å². The molecule has 1 aliphatic rings. The molecule has 0 aliphatic carbocycles. The number of carbonyl (C=O) groups excluding carboxylic acids is 1. The molecule has 0 saturated carbocycles. The fourth-order valence-corrected chi connectivity index (χ4v) is 4.33. The average molecular weight is 496 g/mol. The van der Waals surface area contributed by atoms with Crippen molar-refractivity contribution in [3.63, 3.8) is 0 Å². The average Bonchev–Trinajstić information content (AvgIpc) is 2.93. The van der Waals surface area contributed by atoms with Crippen LogP contribution in [0.25, 0.3) is 0 Å². The molecule has 1 atom stereocenters. The summed E-state index contributed by atoms with van der Waals surface area (Å²) in [7, 11) is 1.45. The molecule has 4 nitrogen and oxygen atoms in total. The molecule has 1 unspecified atom stereocenters. The standard InChI is InChI=1S/C21H14BrCl2FN2O2/c1-29-21(12-2-4-14(23)5-3-12)19-17(8-13(22)9-18(19)25)20(28)27(21)11-16-7-6-15(24)10-26-16/h2-10H,11H2,1H3. The third kappa shape index (κ3) is 3.34. The maximum absolute atomic E-state index is 15.2. The molecule has 0 radical (unpaired) electrons. The van der Waals surface area contributed by atoms with Crippen LogP contribution in [0.5, 0.6) is 0 Å². The number of rotatable bonds is 4. The topological polar surface area (TPSA) is 42.4 Å². The zero-order valence-electron chi connectivity index (χ0n) is 15.1. The number of carbonyl (C=O) groups is 1. The van der Waals surface area contributed by atoms with Crippen LogP contribution in [-0.4, -0.2) is 22.9 Å². The Kier molecular flexibility index (Phi) is 5.38. The zero-order chi connectivity index (χ0) is 20.8. The number of pyridine rings is 1. The Morgan fingerprint density at radius 3 is 2.45 bits per heavy atom. The van der Waals surface area contributed by atoms with Crippen molar-refractivity contribution >= 4 is 45.0 Å². The van der Waals surface area contributed by atoms with E-state index in [0.29, 0.717) is 25.8 Å². The van der Waals surface area contributed by atoms with Crippen molar-refractivity contribution in [3.8, 4) is 0 Å². The third-order valence-electron chi connectivity index (χ3n) is 4.89. The van der Waals surface area contributed by atoms with Gasteiger partial charge in [-0.2, -0.15) is 0 Å². The van der Waals surface area contributed by atoms with Gasteiger partial charge in [-0.25, -0.2) is 4.39 Å². The Morgan fingerprint density at radius 2 is 1.83 bits per heavy atom. The Hall–Kier alpha value is -1.99. The summed E-state index contributed by atoms with van der Waals surface area (Å²) in [6.07, 6.45) is 1.50. The number of methoxy groups -OCH3 is 1. The summed E-state index contributed by atoms with van der Waals surface area (Å²) in [6, 6.07) is 13.1. The number of nitrogens with zero attached hydrogens (tertiary/aromatic N) is 2. The van der Waals surface area contributed by atoms with Gasteiger partial charge in [0.2, 0.25) is 0 Å². The third-order valence-corrected chi connectivity index (χ3v) is 5.82. The second-order valence-electron chi connectivity index (χ2n) is 6.52. The van der Waals surface area contributed by atoms with Gasteiger partial charge in [0, 0.05) is 28.4 Å². The van der Waals surface area contributed by atoms with E-state index in [1.54, 1.807) is 42.5 Å². The molecule has 4 rings (SSSR count). The molecule has 3 aromatic rings. The zero-order valence-corrected chi connectivity index (χ0v) is 18.2. The van der Waals surface area contributed by atoms with Crippen LogP contribution in [0.2, 0.25) is 10.0 Å². The number of amides is 1. The quantitative estimate of drug-likeness (QED) is 0.459. The first-order valence-corrected chi connectivity index (χ1v) is 10.1. The normalized spacial score (nSPS) is 18.2. The largest absolute Gasteiger partial charge is 0.350 e. The van der Waals surface area contributed by atoms with Crippen LogP contribution >= 0.6 is 39.1 Å². The summed E-state index contributed by atoms with van der Waals surface area (Å²) in [4.78, 5) is 19.1. The van der Waals surface area contributed by atoms with E-state index in [4.69, 9.17) is 27.9 Å². The van der Waals surface area contributed by atoms with E-state index in [1.165, 1.54) is 24.3 Å². The minimum atomic E-state index is -1.47. The van der Waals surface area contributed by atoms with E-state index in [2.05, 4.69) is 20.9 Å². The van der Waals surface area contributed by atoms with Gasteiger partial charge in [-0.15, -0.1) is 0 Å². The first-order valence-electron chi connectivity index (χ1n) is 8.60. The summed E-state index contributed by atoms with van der Waals surface area (Å²) in [5.41, 5.74) is 0.0764. The number of hydrogen-bond donors (Lipinski definition) is 0. The summed E-state index contributed by atoms with van der Waals surface area (Å²) >= 11 is 15.2. The van der Waals surface area contributed by atoms with Gasteiger partial charge in [0.1, 0.15) is 5.82 Å². The first-order chi connectivity index (χ1) is 13.9. The Morgan fingerprint density at radius 1 is 1.14 bits per heavy atom. The summed E-state index contributed by atoms with van der Waals surface area (Å²) in [5.74, 6) is -0.917. The van der Waals surface area contributed by atoms with E-state index in [0.717, 1.165) is 0 Å². The number of ether oxygens (including phenoxy) is 1. The van der Waals surface area contributed by atoms with Crippen molar-refractivity contribution in [3.05, 3.63) is 97.4 Å². The van der Waals surface area contributed by atoms with Crippen molar-refractivity contribution in [1.29, 1.82) is 0 Å². The summed E-state index contributed by atoms with van der Waals surface area (Å²) in [6.45, 7) is 0.0954. The highest BCUT2D eigenvalue weighted by Crippen LogP contribution is 2.47. The fraction of sp³-hybridized carbons (Fsp3) is 0.143. The smallest absolute Gasteiger partial charge is 0.257 e. The molecule has 0 N–H and O–H groups in total. The lowest BCUT2D eigenvalue weighted by atomic mass is 9.93. The van der Waals surface area contributed by atoms with Gasteiger partial charge in [0.25, 0.3) is 5.91 Å². The molecule has 1 aliphatic heterocycles. The molecule has 2 heterocycles. The molecule has 0 saturated heterocycles. The molecule has 29 heavy (non-hydrogen) atoms. The van der Waals surface area contributed by atoms with Gasteiger partial charge in [0.05, 0.1) is 28.4 Å². The van der Waals surface area contributed by atoms with Crippen LogP contribution in [0.15, 0.2) is 59.2 Å². The number of aromatic nitrogens is 1. The van der Waals surface area contributed by atoms with Gasteiger partial charge in [-0.1, -0.05) is 51.3 Å².